The van der Waals surface area contributed by atoms with Gasteiger partial charge in [0.05, 0.1) is 5.75 Å². The zero-order chi connectivity index (χ0) is 19.2. The molecule has 0 aliphatic heterocycles. The smallest absolute Gasteiger partial charge is 0.236 e. The fourth-order valence-corrected chi connectivity index (χ4v) is 4.42. The van der Waals surface area contributed by atoms with Crippen molar-refractivity contribution in [1.29, 1.82) is 0 Å². The SMILES string of the molecule is CCC(=O)Nc1nnc(SCC(=O)Nc2nnc(-c3ccccc3C)s2)s1. The van der Waals surface area contributed by atoms with Crippen molar-refractivity contribution >= 4 is 56.5 Å². The van der Waals surface area contributed by atoms with E-state index in [2.05, 4.69) is 31.0 Å². The molecule has 2 aromatic heterocycles. The molecule has 3 rings (SSSR count). The van der Waals surface area contributed by atoms with Crippen LogP contribution in [0.15, 0.2) is 28.6 Å². The van der Waals surface area contributed by atoms with E-state index in [1.807, 2.05) is 31.2 Å². The lowest BCUT2D eigenvalue weighted by molar-refractivity contribution is -0.116. The third-order valence-corrected chi connectivity index (χ3v) is 6.19. The summed E-state index contributed by atoms with van der Waals surface area (Å²) in [7, 11) is 0. The molecule has 0 bridgehead atoms. The topological polar surface area (TPSA) is 110 Å². The molecule has 11 heteroatoms. The van der Waals surface area contributed by atoms with Gasteiger partial charge in [-0.3, -0.25) is 14.9 Å². The molecule has 1 aromatic carbocycles. The molecule has 27 heavy (non-hydrogen) atoms. The minimum Gasteiger partial charge on any atom is -0.301 e. The summed E-state index contributed by atoms with van der Waals surface area (Å²) >= 11 is 3.81. The van der Waals surface area contributed by atoms with Gasteiger partial charge in [0, 0.05) is 12.0 Å². The zero-order valence-corrected chi connectivity index (χ0v) is 17.0. The van der Waals surface area contributed by atoms with Gasteiger partial charge in [-0.15, -0.1) is 20.4 Å². The summed E-state index contributed by atoms with van der Waals surface area (Å²) in [5, 5.41) is 23.0. The van der Waals surface area contributed by atoms with E-state index < -0.39 is 0 Å². The van der Waals surface area contributed by atoms with Crippen LogP contribution in [0.2, 0.25) is 0 Å². The highest BCUT2D eigenvalue weighted by Crippen LogP contribution is 2.29. The summed E-state index contributed by atoms with van der Waals surface area (Å²) < 4.78 is 0.606. The van der Waals surface area contributed by atoms with Crippen LogP contribution >= 0.6 is 34.4 Å². The standard InChI is InChI=1S/C16H16N6O2S3/c1-3-11(23)17-15-21-22-16(27-15)25-8-12(24)18-14-20-19-13(26-14)10-7-5-4-6-9(10)2/h4-7H,3,8H2,1-2H3,(H,17,21,23)(H,18,20,24). The predicted octanol–water partition coefficient (Wildman–Crippen LogP) is 3.44. The van der Waals surface area contributed by atoms with Crippen LogP contribution in [0, 0.1) is 6.92 Å². The van der Waals surface area contributed by atoms with Gasteiger partial charge in [-0.05, 0) is 12.5 Å². The Morgan fingerprint density at radius 2 is 1.70 bits per heavy atom. The number of hydrogen-bond acceptors (Lipinski definition) is 9. The van der Waals surface area contributed by atoms with Crippen molar-refractivity contribution in [2.24, 2.45) is 0 Å². The average Bonchev–Trinajstić information content (AvgIpc) is 3.30. The van der Waals surface area contributed by atoms with E-state index in [0.717, 1.165) is 16.1 Å². The van der Waals surface area contributed by atoms with Gasteiger partial charge in [0.25, 0.3) is 0 Å². The summed E-state index contributed by atoms with van der Waals surface area (Å²) in [6.45, 7) is 3.76. The van der Waals surface area contributed by atoms with Crippen molar-refractivity contribution in [3.05, 3.63) is 29.8 Å². The summed E-state index contributed by atoms with van der Waals surface area (Å²) in [6.07, 6.45) is 0.372. The number of carbonyl (C=O) groups excluding carboxylic acids is 2. The van der Waals surface area contributed by atoms with Gasteiger partial charge in [0.15, 0.2) is 4.34 Å². The Bertz CT molecular complexity index is 955. The Hall–Kier alpha value is -2.37. The molecule has 0 fully saturated rings. The number of amides is 2. The lowest BCUT2D eigenvalue weighted by Crippen LogP contribution is -2.13. The number of anilines is 2. The molecule has 0 radical (unpaired) electrons. The lowest BCUT2D eigenvalue weighted by Gasteiger charge is -2.00. The van der Waals surface area contributed by atoms with Crippen LogP contribution in [-0.4, -0.2) is 38.0 Å². The highest BCUT2D eigenvalue weighted by Gasteiger charge is 2.13. The first-order valence-corrected chi connectivity index (χ1v) is 10.6. The van der Waals surface area contributed by atoms with Crippen molar-refractivity contribution in [2.75, 3.05) is 16.4 Å². The monoisotopic (exact) mass is 420 g/mol. The van der Waals surface area contributed by atoms with Crippen LogP contribution in [0.1, 0.15) is 18.9 Å². The second-order valence-electron chi connectivity index (χ2n) is 5.34. The Kier molecular flexibility index (Phi) is 6.48. The molecule has 2 amide bonds. The molecule has 0 aliphatic rings. The van der Waals surface area contributed by atoms with E-state index in [1.165, 1.54) is 34.4 Å². The van der Waals surface area contributed by atoms with Gasteiger partial charge in [-0.25, -0.2) is 0 Å². The number of aryl methyl sites for hydroxylation is 1. The second-order valence-corrected chi connectivity index (χ2v) is 8.52. The normalized spacial score (nSPS) is 10.6. The molecule has 0 spiro atoms. The van der Waals surface area contributed by atoms with Gasteiger partial charge in [-0.1, -0.05) is 65.6 Å². The van der Waals surface area contributed by atoms with Crippen LogP contribution in [0.4, 0.5) is 10.3 Å². The van der Waals surface area contributed by atoms with Crippen molar-refractivity contribution in [3.63, 3.8) is 0 Å². The van der Waals surface area contributed by atoms with Crippen molar-refractivity contribution in [1.82, 2.24) is 20.4 Å². The van der Waals surface area contributed by atoms with Crippen LogP contribution in [-0.2, 0) is 9.59 Å². The molecule has 0 unspecified atom stereocenters. The van der Waals surface area contributed by atoms with E-state index in [9.17, 15) is 9.59 Å². The largest absolute Gasteiger partial charge is 0.301 e. The summed E-state index contributed by atoms with van der Waals surface area (Å²) in [5.41, 5.74) is 2.10. The molecular formula is C16H16N6O2S3. The fraction of sp³-hybridized carbons (Fsp3) is 0.250. The van der Waals surface area contributed by atoms with E-state index in [1.54, 1.807) is 6.92 Å². The number of benzene rings is 1. The maximum atomic E-state index is 12.1. The number of rotatable bonds is 7. The number of carbonyl (C=O) groups is 2. The predicted molar refractivity (Wildman–Crippen MR) is 108 cm³/mol. The minimum atomic E-state index is -0.207. The summed E-state index contributed by atoms with van der Waals surface area (Å²) in [5.74, 6) is -0.168. The molecular weight excluding hydrogens is 404 g/mol. The maximum Gasteiger partial charge on any atom is 0.236 e. The number of hydrogen-bond donors (Lipinski definition) is 2. The number of thioether (sulfide) groups is 1. The molecule has 2 heterocycles. The van der Waals surface area contributed by atoms with Crippen LogP contribution in [0.3, 0.4) is 0 Å². The molecule has 2 N–H and O–H groups in total. The first kappa shape index (κ1) is 19.4. The van der Waals surface area contributed by atoms with Crippen molar-refractivity contribution < 1.29 is 9.59 Å². The summed E-state index contributed by atoms with van der Waals surface area (Å²) in [6, 6.07) is 7.89. The summed E-state index contributed by atoms with van der Waals surface area (Å²) in [4.78, 5) is 23.5. The Labute approximate surface area is 167 Å². The fourth-order valence-electron chi connectivity index (χ4n) is 2.00. The molecule has 8 nitrogen and oxygen atoms in total. The average molecular weight is 421 g/mol. The third-order valence-electron chi connectivity index (χ3n) is 3.35. The molecule has 0 saturated carbocycles. The van der Waals surface area contributed by atoms with E-state index in [0.29, 0.717) is 21.0 Å². The Balaban J connectivity index is 1.53. The number of nitrogens with one attached hydrogen (secondary N) is 2. The van der Waals surface area contributed by atoms with Crippen molar-refractivity contribution in [2.45, 2.75) is 24.6 Å². The first-order chi connectivity index (χ1) is 13.0. The quantitative estimate of drug-likeness (QED) is 0.445. The lowest BCUT2D eigenvalue weighted by atomic mass is 10.1. The third kappa shape index (κ3) is 5.31. The Morgan fingerprint density at radius 3 is 2.48 bits per heavy atom. The molecule has 3 aromatic rings. The number of aromatic nitrogens is 4. The first-order valence-electron chi connectivity index (χ1n) is 8.00. The highest BCUT2D eigenvalue weighted by molar-refractivity contribution is 8.01. The number of nitrogens with zero attached hydrogens (tertiary/aromatic N) is 4. The van der Waals surface area contributed by atoms with Crippen LogP contribution in [0.25, 0.3) is 10.6 Å². The van der Waals surface area contributed by atoms with E-state index in [4.69, 9.17) is 0 Å². The highest BCUT2D eigenvalue weighted by atomic mass is 32.2. The van der Waals surface area contributed by atoms with Crippen LogP contribution < -0.4 is 10.6 Å². The minimum absolute atomic E-state index is 0.124. The molecule has 0 aliphatic carbocycles. The van der Waals surface area contributed by atoms with Crippen molar-refractivity contribution in [3.8, 4) is 10.6 Å². The van der Waals surface area contributed by atoms with Gasteiger partial charge in [-0.2, -0.15) is 0 Å². The van der Waals surface area contributed by atoms with Gasteiger partial charge in [0.2, 0.25) is 22.1 Å². The van der Waals surface area contributed by atoms with Gasteiger partial charge >= 0.3 is 0 Å². The Morgan fingerprint density at radius 1 is 1.00 bits per heavy atom. The van der Waals surface area contributed by atoms with Gasteiger partial charge in [0.1, 0.15) is 5.01 Å². The molecule has 0 atom stereocenters. The maximum absolute atomic E-state index is 12.1. The van der Waals surface area contributed by atoms with E-state index in [-0.39, 0.29) is 17.6 Å². The zero-order valence-electron chi connectivity index (χ0n) is 14.6. The van der Waals surface area contributed by atoms with E-state index >= 15 is 0 Å². The second kappa shape index (κ2) is 9.02. The molecule has 0 saturated heterocycles. The van der Waals surface area contributed by atoms with Crippen LogP contribution in [0.5, 0.6) is 0 Å². The molecule has 140 valence electrons. The van der Waals surface area contributed by atoms with Gasteiger partial charge < -0.3 is 5.32 Å².